The molecule has 2 aliphatic rings. The van der Waals surface area contributed by atoms with Crippen LogP contribution >= 0.6 is 0 Å². The number of nitrogens with zero attached hydrogens (tertiary/aromatic N) is 3. The Morgan fingerprint density at radius 3 is 2.42 bits per heavy atom. The predicted molar refractivity (Wildman–Crippen MR) is 140 cm³/mol. The molecule has 6 rings (SSSR count). The van der Waals surface area contributed by atoms with E-state index in [1.54, 1.807) is 4.90 Å². The molecule has 2 heterocycles. The Kier molecular flexibility index (Phi) is 5.25. The first-order valence-corrected chi connectivity index (χ1v) is 11.9. The zero-order valence-electron chi connectivity index (χ0n) is 19.5. The smallest absolute Gasteiger partial charge is 0.250 e. The van der Waals surface area contributed by atoms with E-state index in [2.05, 4.69) is 39.3 Å². The number of halogens is 1. The Morgan fingerprint density at radius 1 is 0.972 bits per heavy atom. The Hall–Kier alpha value is -4.52. The third kappa shape index (κ3) is 3.98. The lowest BCUT2D eigenvalue weighted by molar-refractivity contribution is -0.114. The molecular formula is C29H24FN5O. The van der Waals surface area contributed by atoms with Gasteiger partial charge in [-0.2, -0.15) is 4.98 Å². The highest BCUT2D eigenvalue weighted by atomic mass is 19.1. The molecule has 1 amide bonds. The molecule has 0 unspecified atom stereocenters. The quantitative estimate of drug-likeness (QED) is 0.318. The van der Waals surface area contributed by atoms with Gasteiger partial charge in [-0.3, -0.25) is 4.79 Å². The minimum atomic E-state index is -0.571. The standard InChI is InChI=1S/C29H24FN5O/c1-2-26(36)35-18-29(14-15-29)23-13-12-22(16-25(23)35)32-27-24(30)17-31-28(34-27)33-21-10-8-20(9-11-21)19-6-4-3-5-7-19/h2-13,16-17H,1,14-15,18H2,(H2,31,32,33,34). The van der Waals surface area contributed by atoms with Gasteiger partial charge >= 0.3 is 0 Å². The lowest BCUT2D eigenvalue weighted by Gasteiger charge is -2.16. The number of fused-ring (bicyclic) bond motifs is 2. The molecule has 3 aromatic carbocycles. The number of benzene rings is 3. The van der Waals surface area contributed by atoms with Crippen LogP contribution in [-0.2, 0) is 10.2 Å². The average Bonchev–Trinajstić information content (AvgIpc) is 3.63. The van der Waals surface area contributed by atoms with Gasteiger partial charge < -0.3 is 15.5 Å². The summed E-state index contributed by atoms with van der Waals surface area (Å²) in [6, 6.07) is 23.8. The summed E-state index contributed by atoms with van der Waals surface area (Å²) in [6.45, 7) is 4.29. The predicted octanol–water partition coefficient (Wildman–Crippen LogP) is 6.33. The van der Waals surface area contributed by atoms with Crippen molar-refractivity contribution in [1.29, 1.82) is 0 Å². The maximum Gasteiger partial charge on any atom is 0.250 e. The number of carbonyl (C=O) groups is 1. The summed E-state index contributed by atoms with van der Waals surface area (Å²) in [7, 11) is 0. The normalized spacial score (nSPS) is 14.9. The van der Waals surface area contributed by atoms with Crippen LogP contribution in [0.3, 0.4) is 0 Å². The van der Waals surface area contributed by atoms with E-state index in [-0.39, 0.29) is 23.1 Å². The Labute approximate surface area is 208 Å². The summed E-state index contributed by atoms with van der Waals surface area (Å²) < 4.78 is 14.6. The summed E-state index contributed by atoms with van der Waals surface area (Å²) in [5, 5.41) is 6.19. The van der Waals surface area contributed by atoms with E-state index in [1.807, 2.05) is 60.7 Å². The molecule has 1 saturated carbocycles. The molecule has 6 nitrogen and oxygen atoms in total. The van der Waals surface area contributed by atoms with Gasteiger partial charge in [0.2, 0.25) is 11.9 Å². The average molecular weight is 478 g/mol. The Morgan fingerprint density at radius 2 is 1.69 bits per heavy atom. The van der Waals surface area contributed by atoms with Crippen molar-refractivity contribution in [3.05, 3.63) is 103 Å². The van der Waals surface area contributed by atoms with Gasteiger partial charge in [-0.1, -0.05) is 55.1 Å². The molecule has 1 aromatic heterocycles. The second-order valence-electron chi connectivity index (χ2n) is 9.22. The van der Waals surface area contributed by atoms with Crippen molar-refractivity contribution in [2.24, 2.45) is 0 Å². The fourth-order valence-corrected chi connectivity index (χ4v) is 4.80. The van der Waals surface area contributed by atoms with Crippen LogP contribution in [0.4, 0.5) is 33.2 Å². The topological polar surface area (TPSA) is 70.2 Å². The molecule has 36 heavy (non-hydrogen) atoms. The molecular weight excluding hydrogens is 453 g/mol. The third-order valence-electron chi connectivity index (χ3n) is 6.87. The second kappa shape index (κ2) is 8.61. The van der Waals surface area contributed by atoms with E-state index in [0.29, 0.717) is 12.2 Å². The number of nitrogens with one attached hydrogen (secondary N) is 2. The number of carbonyl (C=O) groups excluding carboxylic acids is 1. The van der Waals surface area contributed by atoms with Gasteiger partial charge in [0.05, 0.1) is 6.20 Å². The van der Waals surface area contributed by atoms with E-state index < -0.39 is 5.82 Å². The summed E-state index contributed by atoms with van der Waals surface area (Å²) in [5.41, 5.74) is 5.71. The van der Waals surface area contributed by atoms with Gasteiger partial charge in [-0.05, 0) is 59.9 Å². The van der Waals surface area contributed by atoms with E-state index in [1.165, 1.54) is 6.08 Å². The minimum Gasteiger partial charge on any atom is -0.338 e. The highest BCUT2D eigenvalue weighted by Gasteiger charge is 2.52. The second-order valence-corrected chi connectivity index (χ2v) is 9.22. The number of rotatable bonds is 6. The maximum atomic E-state index is 14.6. The van der Waals surface area contributed by atoms with Crippen LogP contribution in [0.25, 0.3) is 11.1 Å². The largest absolute Gasteiger partial charge is 0.338 e. The first-order chi connectivity index (χ1) is 17.5. The molecule has 1 aliphatic carbocycles. The number of hydrogen-bond acceptors (Lipinski definition) is 5. The van der Waals surface area contributed by atoms with E-state index >= 15 is 0 Å². The summed E-state index contributed by atoms with van der Waals surface area (Å²) in [5.74, 6) is -0.379. The van der Waals surface area contributed by atoms with E-state index in [0.717, 1.165) is 47.1 Å². The van der Waals surface area contributed by atoms with Crippen molar-refractivity contribution in [3.63, 3.8) is 0 Å². The molecule has 0 atom stereocenters. The number of hydrogen-bond donors (Lipinski definition) is 2. The highest BCUT2D eigenvalue weighted by Crippen LogP contribution is 2.57. The first kappa shape index (κ1) is 22.0. The van der Waals surface area contributed by atoms with Gasteiger partial charge in [0, 0.05) is 29.0 Å². The van der Waals surface area contributed by atoms with Gasteiger partial charge in [0.15, 0.2) is 11.6 Å². The molecule has 2 N–H and O–H groups in total. The zero-order valence-corrected chi connectivity index (χ0v) is 19.5. The molecule has 7 heteroatoms. The van der Waals surface area contributed by atoms with Crippen molar-refractivity contribution >= 4 is 34.7 Å². The lowest BCUT2D eigenvalue weighted by Crippen LogP contribution is -2.29. The molecule has 0 saturated heterocycles. The molecule has 1 aliphatic heterocycles. The van der Waals surface area contributed by atoms with E-state index in [9.17, 15) is 9.18 Å². The molecule has 178 valence electrons. The third-order valence-corrected chi connectivity index (χ3v) is 6.87. The maximum absolute atomic E-state index is 14.6. The SMILES string of the molecule is C=CC(=O)N1CC2(CC2)c2ccc(Nc3nc(Nc4ccc(-c5ccccc5)cc4)ncc3F)cc21. The number of amides is 1. The molecule has 1 spiro atoms. The fraction of sp³-hybridized carbons (Fsp3) is 0.138. The van der Waals surface area contributed by atoms with Crippen molar-refractivity contribution in [1.82, 2.24) is 9.97 Å². The van der Waals surface area contributed by atoms with Crippen LogP contribution in [-0.4, -0.2) is 22.4 Å². The van der Waals surface area contributed by atoms with Gasteiger partial charge in [-0.25, -0.2) is 9.37 Å². The Balaban J connectivity index is 1.22. The van der Waals surface area contributed by atoms with Gasteiger partial charge in [-0.15, -0.1) is 0 Å². The molecule has 1 fully saturated rings. The van der Waals surface area contributed by atoms with Crippen molar-refractivity contribution in [2.75, 3.05) is 22.1 Å². The fourth-order valence-electron chi connectivity index (χ4n) is 4.80. The van der Waals surface area contributed by atoms with Crippen LogP contribution < -0.4 is 15.5 Å². The van der Waals surface area contributed by atoms with E-state index in [4.69, 9.17) is 0 Å². The van der Waals surface area contributed by atoms with Crippen LogP contribution in [0, 0.1) is 5.82 Å². The van der Waals surface area contributed by atoms with Crippen LogP contribution in [0.15, 0.2) is 91.6 Å². The van der Waals surface area contributed by atoms with Crippen LogP contribution in [0.5, 0.6) is 0 Å². The van der Waals surface area contributed by atoms with Crippen LogP contribution in [0.2, 0.25) is 0 Å². The van der Waals surface area contributed by atoms with Crippen molar-refractivity contribution < 1.29 is 9.18 Å². The highest BCUT2D eigenvalue weighted by molar-refractivity contribution is 6.04. The lowest BCUT2D eigenvalue weighted by atomic mass is 9.98. The van der Waals surface area contributed by atoms with Gasteiger partial charge in [0.1, 0.15) is 0 Å². The Bertz CT molecular complexity index is 1470. The number of anilines is 5. The van der Waals surface area contributed by atoms with Crippen molar-refractivity contribution in [3.8, 4) is 11.1 Å². The van der Waals surface area contributed by atoms with Crippen molar-refractivity contribution in [2.45, 2.75) is 18.3 Å². The summed E-state index contributed by atoms with van der Waals surface area (Å²) >= 11 is 0. The minimum absolute atomic E-state index is 0.0501. The number of aromatic nitrogens is 2. The van der Waals surface area contributed by atoms with Crippen LogP contribution in [0.1, 0.15) is 18.4 Å². The molecule has 0 bridgehead atoms. The van der Waals surface area contributed by atoms with Gasteiger partial charge in [0.25, 0.3) is 0 Å². The summed E-state index contributed by atoms with van der Waals surface area (Å²) in [6.07, 6.45) is 4.60. The molecule has 0 radical (unpaired) electrons. The zero-order chi connectivity index (χ0) is 24.7. The summed E-state index contributed by atoms with van der Waals surface area (Å²) in [4.78, 5) is 22.6. The monoisotopic (exact) mass is 477 g/mol. The molecule has 4 aromatic rings. The first-order valence-electron chi connectivity index (χ1n) is 11.9.